The molecule has 0 saturated carbocycles. The van der Waals surface area contributed by atoms with Crippen LogP contribution in [-0.2, 0) is 0 Å². The molecule has 0 bridgehead atoms. The Morgan fingerprint density at radius 1 is 1.22 bits per heavy atom. The number of hydrogen-bond acceptors (Lipinski definition) is 3. The van der Waals surface area contributed by atoms with E-state index in [0.29, 0.717) is 0 Å². The van der Waals surface area contributed by atoms with E-state index in [1.807, 2.05) is 0 Å². The third-order valence-electron chi connectivity index (χ3n) is 4.92. The van der Waals surface area contributed by atoms with Crippen molar-refractivity contribution < 1.29 is 0 Å². The fraction of sp³-hybridized carbons (Fsp3) is 1.00. The van der Waals surface area contributed by atoms with E-state index in [2.05, 4.69) is 37.5 Å². The first-order valence-electron chi connectivity index (χ1n) is 7.86. The topological polar surface area (TPSA) is 32.5 Å². The van der Waals surface area contributed by atoms with Crippen LogP contribution in [0.2, 0.25) is 0 Å². The van der Waals surface area contributed by atoms with Crippen LogP contribution in [0.1, 0.15) is 53.4 Å². The Hall–Kier alpha value is -0.120. The molecule has 3 nitrogen and oxygen atoms in total. The van der Waals surface area contributed by atoms with Crippen molar-refractivity contribution in [3.63, 3.8) is 0 Å². The van der Waals surface area contributed by atoms with E-state index in [4.69, 9.17) is 5.73 Å². The van der Waals surface area contributed by atoms with E-state index in [0.717, 1.165) is 12.6 Å². The molecule has 1 saturated heterocycles. The van der Waals surface area contributed by atoms with Crippen LogP contribution in [0.5, 0.6) is 0 Å². The number of nitrogens with zero attached hydrogens (tertiary/aromatic N) is 2. The maximum atomic E-state index is 6.12. The highest BCUT2D eigenvalue weighted by Gasteiger charge is 2.38. The molecule has 2 atom stereocenters. The van der Waals surface area contributed by atoms with Gasteiger partial charge < -0.3 is 5.73 Å². The quantitative estimate of drug-likeness (QED) is 0.722. The maximum absolute atomic E-state index is 6.12. The van der Waals surface area contributed by atoms with Crippen LogP contribution in [0.3, 0.4) is 0 Å². The molecule has 0 radical (unpaired) electrons. The van der Waals surface area contributed by atoms with Crippen LogP contribution in [0.25, 0.3) is 0 Å². The van der Waals surface area contributed by atoms with Crippen LogP contribution in [0.4, 0.5) is 0 Å². The van der Waals surface area contributed by atoms with Gasteiger partial charge >= 0.3 is 0 Å². The average molecular weight is 255 g/mol. The first-order valence-corrected chi connectivity index (χ1v) is 7.86. The van der Waals surface area contributed by atoms with Crippen molar-refractivity contribution in [3.8, 4) is 0 Å². The molecule has 0 aliphatic carbocycles. The Morgan fingerprint density at radius 2 is 1.89 bits per heavy atom. The fourth-order valence-corrected chi connectivity index (χ4v) is 3.61. The Morgan fingerprint density at radius 3 is 2.33 bits per heavy atom. The number of nitrogens with two attached hydrogens (primary N) is 1. The monoisotopic (exact) mass is 255 g/mol. The van der Waals surface area contributed by atoms with Gasteiger partial charge in [-0.25, -0.2) is 0 Å². The Kier molecular flexibility index (Phi) is 6.61. The molecule has 0 aromatic carbocycles. The minimum Gasteiger partial charge on any atom is -0.329 e. The van der Waals surface area contributed by atoms with Crippen LogP contribution >= 0.6 is 0 Å². The Balaban J connectivity index is 2.67. The summed E-state index contributed by atoms with van der Waals surface area (Å²) in [5.74, 6) is 0. The van der Waals surface area contributed by atoms with Crippen molar-refractivity contribution in [1.82, 2.24) is 9.80 Å². The van der Waals surface area contributed by atoms with Crippen molar-refractivity contribution in [2.24, 2.45) is 5.73 Å². The summed E-state index contributed by atoms with van der Waals surface area (Å²) in [5.41, 5.74) is 6.38. The molecule has 0 spiro atoms. The van der Waals surface area contributed by atoms with Crippen molar-refractivity contribution in [2.75, 3.05) is 32.7 Å². The standard InChI is InChI=1S/C15H33N3/c1-5-10-15(6-2,13-16)18-11-9-14(12-18)17(7-3)8-4/h14H,5-13,16H2,1-4H3. The first-order chi connectivity index (χ1) is 8.67. The van der Waals surface area contributed by atoms with Crippen LogP contribution in [0.15, 0.2) is 0 Å². The number of rotatable bonds is 8. The number of likely N-dealkylation sites (N-methyl/N-ethyl adjacent to an activating group) is 1. The van der Waals surface area contributed by atoms with Crippen LogP contribution in [0, 0.1) is 0 Å². The SMILES string of the molecule is CCCC(CC)(CN)N1CCC(N(CC)CC)C1. The van der Waals surface area contributed by atoms with Crippen molar-refractivity contribution >= 4 is 0 Å². The van der Waals surface area contributed by atoms with E-state index < -0.39 is 0 Å². The van der Waals surface area contributed by atoms with E-state index in [1.165, 1.54) is 51.9 Å². The zero-order valence-corrected chi connectivity index (χ0v) is 12.9. The lowest BCUT2D eigenvalue weighted by Crippen LogP contribution is -2.53. The largest absolute Gasteiger partial charge is 0.329 e. The lowest BCUT2D eigenvalue weighted by atomic mass is 9.89. The molecule has 0 amide bonds. The van der Waals surface area contributed by atoms with E-state index in [9.17, 15) is 0 Å². The molecule has 1 heterocycles. The molecule has 108 valence electrons. The zero-order chi connectivity index (χ0) is 13.6. The first kappa shape index (κ1) is 15.9. The molecule has 2 unspecified atom stereocenters. The summed E-state index contributed by atoms with van der Waals surface area (Å²) in [6.45, 7) is 14.7. The molecule has 1 aliphatic heterocycles. The van der Waals surface area contributed by atoms with Gasteiger partial charge in [-0.2, -0.15) is 0 Å². The average Bonchev–Trinajstić information content (AvgIpc) is 2.88. The molecule has 1 rings (SSSR count). The molecular formula is C15H33N3. The van der Waals surface area contributed by atoms with Gasteiger partial charge in [0.2, 0.25) is 0 Å². The highest BCUT2D eigenvalue weighted by atomic mass is 15.3. The van der Waals surface area contributed by atoms with Crippen molar-refractivity contribution in [1.29, 1.82) is 0 Å². The third-order valence-corrected chi connectivity index (χ3v) is 4.92. The molecular weight excluding hydrogens is 222 g/mol. The van der Waals surface area contributed by atoms with E-state index in [-0.39, 0.29) is 5.54 Å². The lowest BCUT2D eigenvalue weighted by molar-refractivity contribution is 0.0944. The van der Waals surface area contributed by atoms with Gasteiger partial charge in [0.25, 0.3) is 0 Å². The van der Waals surface area contributed by atoms with Crippen molar-refractivity contribution in [2.45, 2.75) is 65.0 Å². The maximum Gasteiger partial charge on any atom is 0.0329 e. The molecule has 0 aromatic heterocycles. The van der Waals surface area contributed by atoms with Gasteiger partial charge in [0.15, 0.2) is 0 Å². The number of hydrogen-bond donors (Lipinski definition) is 1. The molecule has 0 aromatic rings. The molecule has 18 heavy (non-hydrogen) atoms. The second-order valence-corrected chi connectivity index (χ2v) is 5.64. The minimum atomic E-state index is 0.261. The highest BCUT2D eigenvalue weighted by molar-refractivity contribution is 4.96. The van der Waals surface area contributed by atoms with Gasteiger partial charge in [-0.05, 0) is 32.4 Å². The third kappa shape index (κ3) is 3.25. The second kappa shape index (κ2) is 7.46. The van der Waals surface area contributed by atoms with Crippen LogP contribution < -0.4 is 5.73 Å². The fourth-order valence-electron chi connectivity index (χ4n) is 3.61. The molecule has 2 N–H and O–H groups in total. The normalized spacial score (nSPS) is 24.7. The molecule has 3 heteroatoms. The van der Waals surface area contributed by atoms with Crippen LogP contribution in [-0.4, -0.2) is 54.1 Å². The minimum absolute atomic E-state index is 0.261. The summed E-state index contributed by atoms with van der Waals surface area (Å²) >= 11 is 0. The summed E-state index contributed by atoms with van der Waals surface area (Å²) in [7, 11) is 0. The van der Waals surface area contributed by atoms with Gasteiger partial charge in [0.05, 0.1) is 0 Å². The zero-order valence-electron chi connectivity index (χ0n) is 12.9. The number of likely N-dealkylation sites (tertiary alicyclic amines) is 1. The molecule has 1 fully saturated rings. The Bertz CT molecular complexity index is 222. The summed E-state index contributed by atoms with van der Waals surface area (Å²) in [5, 5.41) is 0. The van der Waals surface area contributed by atoms with Gasteiger partial charge in [0, 0.05) is 31.2 Å². The van der Waals surface area contributed by atoms with Gasteiger partial charge in [-0.15, -0.1) is 0 Å². The summed E-state index contributed by atoms with van der Waals surface area (Å²) in [6, 6.07) is 0.745. The summed E-state index contributed by atoms with van der Waals surface area (Å²) in [6.07, 6.45) is 4.97. The predicted octanol–water partition coefficient (Wildman–Crippen LogP) is 2.31. The van der Waals surface area contributed by atoms with Gasteiger partial charge in [-0.1, -0.05) is 34.1 Å². The lowest BCUT2D eigenvalue weighted by Gasteiger charge is -2.41. The van der Waals surface area contributed by atoms with E-state index in [1.54, 1.807) is 0 Å². The Labute approximate surface area is 114 Å². The van der Waals surface area contributed by atoms with E-state index >= 15 is 0 Å². The smallest absolute Gasteiger partial charge is 0.0329 e. The highest BCUT2D eigenvalue weighted by Crippen LogP contribution is 2.30. The molecule has 1 aliphatic rings. The van der Waals surface area contributed by atoms with Gasteiger partial charge in [-0.3, -0.25) is 9.80 Å². The predicted molar refractivity (Wildman–Crippen MR) is 79.9 cm³/mol. The van der Waals surface area contributed by atoms with Gasteiger partial charge in [0.1, 0.15) is 0 Å². The summed E-state index contributed by atoms with van der Waals surface area (Å²) in [4.78, 5) is 5.28. The summed E-state index contributed by atoms with van der Waals surface area (Å²) < 4.78 is 0. The second-order valence-electron chi connectivity index (χ2n) is 5.64. The van der Waals surface area contributed by atoms with Crippen molar-refractivity contribution in [3.05, 3.63) is 0 Å².